The van der Waals surface area contributed by atoms with E-state index >= 15 is 0 Å². The van der Waals surface area contributed by atoms with Gasteiger partial charge in [-0.05, 0) is 23.9 Å². The van der Waals surface area contributed by atoms with Crippen LogP contribution in [0.3, 0.4) is 0 Å². The topological polar surface area (TPSA) is 0 Å². The van der Waals surface area contributed by atoms with Crippen LogP contribution in [0.15, 0.2) is 65.4 Å². The van der Waals surface area contributed by atoms with Crippen molar-refractivity contribution in [1.29, 1.82) is 0 Å². The first-order valence-electron chi connectivity index (χ1n) is 6.03. The molecule has 0 bridgehead atoms. The normalized spacial score (nSPS) is 13.7. The molecule has 96 valence electrons. The Morgan fingerprint density at radius 3 is 2.56 bits per heavy atom. The van der Waals surface area contributed by atoms with Gasteiger partial charge in [-0.3, -0.25) is 0 Å². The molecule has 0 fully saturated rings. The number of benzene rings is 1. The van der Waals surface area contributed by atoms with Crippen LogP contribution in [-0.2, 0) is 5.16 Å². The second kappa shape index (κ2) is 6.97. The summed E-state index contributed by atoms with van der Waals surface area (Å²) in [6, 6.07) is 8.32. The van der Waals surface area contributed by atoms with Gasteiger partial charge in [-0.15, -0.1) is 12.6 Å². The van der Waals surface area contributed by atoms with Crippen molar-refractivity contribution in [3.63, 3.8) is 0 Å². The summed E-state index contributed by atoms with van der Waals surface area (Å²) in [5.41, 5.74) is 1.30. The molecule has 0 spiro atoms. The highest BCUT2D eigenvalue weighted by Gasteiger charge is 2.23. The van der Waals surface area contributed by atoms with Gasteiger partial charge in [-0.25, -0.2) is 0 Å². The predicted molar refractivity (Wildman–Crippen MR) is 88.1 cm³/mol. The molecule has 1 rings (SSSR count). The van der Waals surface area contributed by atoms with E-state index in [2.05, 4.69) is 69.5 Å². The van der Waals surface area contributed by atoms with Crippen molar-refractivity contribution >= 4 is 21.2 Å². The minimum absolute atomic E-state index is 0.0900. The Bertz CT molecular complexity index is 470. The lowest BCUT2D eigenvalue weighted by Crippen LogP contribution is -2.11. The summed E-state index contributed by atoms with van der Waals surface area (Å²) in [6.45, 7) is 10.4. The molecule has 1 atom stereocenters. The molecule has 0 nitrogen and oxygen atoms in total. The lowest BCUT2D eigenvalue weighted by molar-refractivity contribution is 0.757. The SMILES string of the molecule is C=C/C=C(\C=C/C)PC(C)(C)c1ccccc1S. The standard InChI is InChI=1S/C16H21PS/c1-5-9-13(10-6-2)17-16(3,4)14-11-7-8-12-15(14)18/h5-12,17-18H,1H2,2-4H3/b10-6-,13-9+. The molecule has 0 radical (unpaired) electrons. The summed E-state index contributed by atoms with van der Waals surface area (Å²) >= 11 is 4.56. The molecular weight excluding hydrogens is 255 g/mol. The second-order valence-electron chi connectivity index (χ2n) is 4.62. The highest BCUT2D eigenvalue weighted by molar-refractivity contribution is 7.80. The van der Waals surface area contributed by atoms with Gasteiger partial charge in [0.2, 0.25) is 0 Å². The molecule has 0 aliphatic heterocycles. The maximum atomic E-state index is 4.56. The quantitative estimate of drug-likeness (QED) is 0.408. The number of thiol groups is 1. The molecule has 0 aliphatic rings. The van der Waals surface area contributed by atoms with Crippen molar-refractivity contribution in [2.45, 2.75) is 30.8 Å². The van der Waals surface area contributed by atoms with Gasteiger partial charge in [0, 0.05) is 10.1 Å². The maximum absolute atomic E-state index is 4.56. The molecule has 0 saturated carbocycles. The summed E-state index contributed by atoms with van der Waals surface area (Å²) in [6.07, 6.45) is 8.17. The third-order valence-corrected chi connectivity index (χ3v) is 4.58. The van der Waals surface area contributed by atoms with E-state index in [0.717, 1.165) is 4.90 Å². The molecule has 1 aromatic rings. The van der Waals surface area contributed by atoms with E-state index in [-0.39, 0.29) is 5.16 Å². The Morgan fingerprint density at radius 2 is 2.00 bits per heavy atom. The van der Waals surface area contributed by atoms with Gasteiger partial charge in [0.1, 0.15) is 0 Å². The number of hydrogen-bond acceptors (Lipinski definition) is 1. The Morgan fingerprint density at radius 1 is 1.33 bits per heavy atom. The fourth-order valence-electron chi connectivity index (χ4n) is 1.88. The molecule has 0 aliphatic carbocycles. The van der Waals surface area contributed by atoms with Crippen molar-refractivity contribution in [3.05, 3.63) is 66.0 Å². The van der Waals surface area contributed by atoms with Crippen molar-refractivity contribution < 1.29 is 0 Å². The Kier molecular flexibility index (Phi) is 5.91. The number of rotatable bonds is 5. The zero-order valence-corrected chi connectivity index (χ0v) is 13.2. The van der Waals surface area contributed by atoms with Crippen LogP contribution in [0.1, 0.15) is 26.3 Å². The Hall–Kier alpha value is -0.780. The smallest absolute Gasteiger partial charge is 0.0122 e. The molecular formula is C16H21PS. The molecule has 0 aromatic heterocycles. The van der Waals surface area contributed by atoms with Gasteiger partial charge in [-0.2, -0.15) is 0 Å². The van der Waals surface area contributed by atoms with E-state index in [0.29, 0.717) is 8.58 Å². The summed E-state index contributed by atoms with van der Waals surface area (Å²) in [5.74, 6) is 0. The van der Waals surface area contributed by atoms with Crippen LogP contribution < -0.4 is 0 Å². The summed E-state index contributed by atoms with van der Waals surface area (Å²) < 4.78 is 0. The van der Waals surface area contributed by atoms with Gasteiger partial charge < -0.3 is 0 Å². The fraction of sp³-hybridized carbons (Fsp3) is 0.250. The summed E-state index contributed by atoms with van der Waals surface area (Å²) in [5, 5.41) is 1.40. The minimum atomic E-state index is 0.0900. The highest BCUT2D eigenvalue weighted by Crippen LogP contribution is 2.48. The average Bonchev–Trinajstić information content (AvgIpc) is 2.29. The van der Waals surface area contributed by atoms with Crippen molar-refractivity contribution in [2.24, 2.45) is 0 Å². The van der Waals surface area contributed by atoms with Gasteiger partial charge in [0.25, 0.3) is 0 Å². The first-order chi connectivity index (χ1) is 8.51. The molecule has 1 unspecified atom stereocenters. The van der Waals surface area contributed by atoms with Gasteiger partial charge in [0.05, 0.1) is 0 Å². The predicted octanol–water partition coefficient (Wildman–Crippen LogP) is 5.53. The van der Waals surface area contributed by atoms with Crippen LogP contribution in [0.4, 0.5) is 0 Å². The third-order valence-electron chi connectivity index (χ3n) is 2.68. The molecule has 0 amide bonds. The summed E-state index contributed by atoms with van der Waals surface area (Å²) in [7, 11) is 0.692. The van der Waals surface area contributed by atoms with E-state index < -0.39 is 0 Å². The van der Waals surface area contributed by atoms with E-state index in [1.165, 1.54) is 10.9 Å². The molecule has 0 saturated heterocycles. The van der Waals surface area contributed by atoms with Crippen molar-refractivity contribution in [3.8, 4) is 0 Å². The molecule has 2 heteroatoms. The van der Waals surface area contributed by atoms with Crippen LogP contribution in [0.2, 0.25) is 0 Å². The van der Waals surface area contributed by atoms with Gasteiger partial charge >= 0.3 is 0 Å². The van der Waals surface area contributed by atoms with Crippen LogP contribution in [0.5, 0.6) is 0 Å². The van der Waals surface area contributed by atoms with Gasteiger partial charge in [-0.1, -0.05) is 71.5 Å². The molecule has 1 aromatic carbocycles. The van der Waals surface area contributed by atoms with Crippen molar-refractivity contribution in [2.75, 3.05) is 0 Å². The van der Waals surface area contributed by atoms with Crippen LogP contribution in [0.25, 0.3) is 0 Å². The second-order valence-corrected chi connectivity index (χ2v) is 7.18. The lowest BCUT2D eigenvalue weighted by atomic mass is 10.0. The number of hydrogen-bond donors (Lipinski definition) is 1. The average molecular weight is 276 g/mol. The zero-order chi connectivity index (χ0) is 13.6. The molecule has 18 heavy (non-hydrogen) atoms. The fourth-order valence-corrected chi connectivity index (χ4v) is 3.95. The Labute approximate surface area is 118 Å². The maximum Gasteiger partial charge on any atom is 0.0122 e. The zero-order valence-electron chi connectivity index (χ0n) is 11.3. The van der Waals surface area contributed by atoms with Crippen LogP contribution >= 0.6 is 21.2 Å². The van der Waals surface area contributed by atoms with Gasteiger partial charge in [0.15, 0.2) is 0 Å². The Balaban J connectivity index is 3.04. The highest BCUT2D eigenvalue weighted by atomic mass is 32.1. The van der Waals surface area contributed by atoms with E-state index in [1.54, 1.807) is 0 Å². The lowest BCUT2D eigenvalue weighted by Gasteiger charge is -2.27. The molecule has 0 heterocycles. The molecule has 0 N–H and O–H groups in total. The summed E-state index contributed by atoms with van der Waals surface area (Å²) in [4.78, 5) is 1.06. The minimum Gasteiger partial charge on any atom is -0.143 e. The van der Waals surface area contributed by atoms with Crippen LogP contribution in [0, 0.1) is 0 Å². The monoisotopic (exact) mass is 276 g/mol. The van der Waals surface area contributed by atoms with Crippen molar-refractivity contribution in [1.82, 2.24) is 0 Å². The van der Waals surface area contributed by atoms with E-state index in [9.17, 15) is 0 Å². The largest absolute Gasteiger partial charge is 0.143 e. The first kappa shape index (κ1) is 15.3. The first-order valence-corrected chi connectivity index (χ1v) is 7.48. The van der Waals surface area contributed by atoms with E-state index in [4.69, 9.17) is 0 Å². The number of allylic oxidation sites excluding steroid dienone is 5. The van der Waals surface area contributed by atoms with E-state index in [1.807, 2.05) is 19.1 Å². The third kappa shape index (κ3) is 4.15. The van der Waals surface area contributed by atoms with Crippen LogP contribution in [-0.4, -0.2) is 0 Å².